The van der Waals surface area contributed by atoms with Gasteiger partial charge in [0.15, 0.2) is 0 Å². The van der Waals surface area contributed by atoms with Crippen LogP contribution in [0.5, 0.6) is 0 Å². The predicted octanol–water partition coefficient (Wildman–Crippen LogP) is 3.61. The first-order chi connectivity index (χ1) is 9.83. The molecule has 1 N–H and O–H groups in total. The second kappa shape index (κ2) is 7.10. The minimum atomic E-state index is 0.203. The van der Waals surface area contributed by atoms with E-state index in [1.165, 1.54) is 17.7 Å². The number of hydrogen-bond acceptors (Lipinski definition) is 4. The van der Waals surface area contributed by atoms with Gasteiger partial charge in [0.2, 0.25) is 0 Å². The van der Waals surface area contributed by atoms with Crippen LogP contribution in [0.25, 0.3) is 0 Å². The second-order valence-corrected chi connectivity index (χ2v) is 8.92. The Morgan fingerprint density at radius 3 is 2.81 bits per heavy atom. The van der Waals surface area contributed by atoms with Gasteiger partial charge in [-0.3, -0.25) is 0 Å². The van der Waals surface area contributed by atoms with Gasteiger partial charge < -0.3 is 5.32 Å². The lowest BCUT2D eigenvalue weighted by Gasteiger charge is -2.28. The highest BCUT2D eigenvalue weighted by atomic mass is 32.2. The van der Waals surface area contributed by atoms with Crippen molar-refractivity contribution in [1.29, 1.82) is 0 Å². The molecule has 0 radical (unpaired) electrons. The fourth-order valence-corrected chi connectivity index (χ4v) is 3.18. The molecular formula is C17H29N3S. The Morgan fingerprint density at radius 2 is 2.14 bits per heavy atom. The summed E-state index contributed by atoms with van der Waals surface area (Å²) in [6.07, 6.45) is 5.54. The molecule has 1 aromatic rings. The zero-order chi connectivity index (χ0) is 15.5. The van der Waals surface area contributed by atoms with E-state index in [1.807, 2.05) is 11.8 Å². The molecule has 1 aromatic heterocycles. The largest absolute Gasteiger partial charge is 0.312 e. The van der Waals surface area contributed by atoms with Crippen molar-refractivity contribution in [3.05, 3.63) is 23.3 Å². The van der Waals surface area contributed by atoms with Gasteiger partial charge in [-0.25, -0.2) is 9.97 Å². The third kappa shape index (κ3) is 5.59. The lowest BCUT2D eigenvalue weighted by Crippen LogP contribution is -2.40. The Labute approximate surface area is 133 Å². The first-order valence-corrected chi connectivity index (χ1v) is 9.08. The van der Waals surface area contributed by atoms with E-state index in [0.29, 0.717) is 5.25 Å². The van der Waals surface area contributed by atoms with Gasteiger partial charge >= 0.3 is 0 Å². The lowest BCUT2D eigenvalue weighted by molar-refractivity contribution is 0.346. The summed E-state index contributed by atoms with van der Waals surface area (Å²) in [7, 11) is 0. The minimum absolute atomic E-state index is 0.203. The number of hydrogen-bond donors (Lipinski definition) is 1. The number of nitrogens with one attached hydrogen (secondary N) is 1. The van der Waals surface area contributed by atoms with E-state index in [1.54, 1.807) is 0 Å². The Balaban J connectivity index is 1.93. The molecule has 0 spiro atoms. The number of rotatable bonds is 5. The molecule has 21 heavy (non-hydrogen) atoms. The molecule has 0 saturated heterocycles. The third-order valence-electron chi connectivity index (χ3n) is 3.77. The van der Waals surface area contributed by atoms with Gasteiger partial charge in [0.1, 0.15) is 5.82 Å². The highest BCUT2D eigenvalue weighted by molar-refractivity contribution is 7.99. The highest BCUT2D eigenvalue weighted by Gasteiger charge is 2.22. The van der Waals surface area contributed by atoms with Crippen LogP contribution in [0.4, 0.5) is 0 Å². The minimum Gasteiger partial charge on any atom is -0.312 e. The van der Waals surface area contributed by atoms with Gasteiger partial charge in [-0.1, -0.05) is 13.8 Å². The van der Waals surface area contributed by atoms with Crippen molar-refractivity contribution in [2.45, 2.75) is 70.4 Å². The summed E-state index contributed by atoms with van der Waals surface area (Å²) in [4.78, 5) is 9.33. The molecule has 0 aliphatic heterocycles. The zero-order valence-corrected chi connectivity index (χ0v) is 14.9. The molecule has 4 heteroatoms. The predicted molar refractivity (Wildman–Crippen MR) is 91.7 cm³/mol. The molecule has 0 bridgehead atoms. The number of aromatic nitrogens is 2. The van der Waals surface area contributed by atoms with E-state index in [-0.39, 0.29) is 5.54 Å². The van der Waals surface area contributed by atoms with Gasteiger partial charge in [0.25, 0.3) is 0 Å². The van der Waals surface area contributed by atoms with Gasteiger partial charge in [-0.2, -0.15) is 11.8 Å². The molecule has 2 rings (SSSR count). The Hall–Kier alpha value is -0.610. The molecule has 0 amide bonds. The molecule has 1 atom stereocenters. The van der Waals surface area contributed by atoms with Crippen molar-refractivity contribution in [2.24, 2.45) is 5.92 Å². The average molecular weight is 308 g/mol. The summed E-state index contributed by atoms with van der Waals surface area (Å²) >= 11 is 1.91. The van der Waals surface area contributed by atoms with Crippen molar-refractivity contribution in [3.8, 4) is 0 Å². The monoisotopic (exact) mass is 307 g/mol. The molecule has 0 saturated carbocycles. The van der Waals surface area contributed by atoms with Crippen LogP contribution in [-0.2, 0) is 18.6 Å². The maximum absolute atomic E-state index is 4.78. The van der Waals surface area contributed by atoms with Crippen LogP contribution < -0.4 is 5.32 Å². The van der Waals surface area contributed by atoms with Crippen LogP contribution in [-0.4, -0.2) is 27.3 Å². The van der Waals surface area contributed by atoms with E-state index in [4.69, 9.17) is 4.98 Å². The summed E-state index contributed by atoms with van der Waals surface area (Å²) in [5, 5.41) is 4.26. The summed E-state index contributed by atoms with van der Waals surface area (Å²) < 4.78 is 0. The first kappa shape index (κ1) is 16.8. The third-order valence-corrected chi connectivity index (χ3v) is 4.86. The molecule has 1 aliphatic carbocycles. The summed E-state index contributed by atoms with van der Waals surface area (Å²) in [5.74, 6) is 2.65. The molecule has 1 aliphatic rings. The number of aryl methyl sites for hydroxylation is 1. The SMILES string of the molecule is CC(C)SCc1ncc2c(n1)CCC(CNC(C)(C)C)C2. The zero-order valence-electron chi connectivity index (χ0n) is 14.1. The fourth-order valence-electron chi connectivity index (χ4n) is 2.56. The number of nitrogens with zero attached hydrogens (tertiary/aromatic N) is 2. The molecule has 118 valence electrons. The Bertz CT molecular complexity index is 466. The molecule has 3 nitrogen and oxygen atoms in total. The fraction of sp³-hybridized carbons (Fsp3) is 0.765. The quantitative estimate of drug-likeness (QED) is 0.902. The van der Waals surface area contributed by atoms with Crippen molar-refractivity contribution in [3.63, 3.8) is 0 Å². The van der Waals surface area contributed by atoms with Crippen LogP contribution in [0.3, 0.4) is 0 Å². The topological polar surface area (TPSA) is 37.8 Å². The Morgan fingerprint density at radius 1 is 1.38 bits per heavy atom. The summed E-state index contributed by atoms with van der Waals surface area (Å²) in [6.45, 7) is 12.2. The summed E-state index contributed by atoms with van der Waals surface area (Å²) in [5.41, 5.74) is 2.85. The van der Waals surface area contributed by atoms with E-state index in [2.05, 4.69) is 51.1 Å². The standard InChI is InChI=1S/C17H29N3S/c1-12(2)21-11-16-18-10-14-8-13(6-7-15(14)20-16)9-19-17(3,4)5/h10,12-13,19H,6-9,11H2,1-5H3. The lowest BCUT2D eigenvalue weighted by atomic mass is 9.87. The van der Waals surface area contributed by atoms with Crippen molar-refractivity contribution < 1.29 is 0 Å². The van der Waals surface area contributed by atoms with Crippen LogP contribution in [0.2, 0.25) is 0 Å². The van der Waals surface area contributed by atoms with Crippen molar-refractivity contribution >= 4 is 11.8 Å². The summed E-state index contributed by atoms with van der Waals surface area (Å²) in [6, 6.07) is 0. The first-order valence-electron chi connectivity index (χ1n) is 8.04. The van der Waals surface area contributed by atoms with Gasteiger partial charge in [0, 0.05) is 17.4 Å². The van der Waals surface area contributed by atoms with E-state index < -0.39 is 0 Å². The van der Waals surface area contributed by atoms with E-state index >= 15 is 0 Å². The number of thioether (sulfide) groups is 1. The maximum atomic E-state index is 4.78. The van der Waals surface area contributed by atoms with Crippen LogP contribution in [0.15, 0.2) is 6.20 Å². The maximum Gasteiger partial charge on any atom is 0.138 e. The van der Waals surface area contributed by atoms with Crippen LogP contribution >= 0.6 is 11.8 Å². The van der Waals surface area contributed by atoms with Crippen molar-refractivity contribution in [1.82, 2.24) is 15.3 Å². The van der Waals surface area contributed by atoms with Crippen LogP contribution in [0, 0.1) is 5.92 Å². The normalized spacial score (nSPS) is 18.9. The second-order valence-electron chi connectivity index (χ2n) is 7.36. The van der Waals surface area contributed by atoms with Crippen LogP contribution in [0.1, 0.15) is 58.1 Å². The number of fused-ring (bicyclic) bond motifs is 1. The van der Waals surface area contributed by atoms with Gasteiger partial charge in [-0.15, -0.1) is 0 Å². The molecule has 1 unspecified atom stereocenters. The van der Waals surface area contributed by atoms with E-state index in [0.717, 1.165) is 36.9 Å². The molecular weight excluding hydrogens is 278 g/mol. The smallest absolute Gasteiger partial charge is 0.138 e. The van der Waals surface area contributed by atoms with E-state index in [9.17, 15) is 0 Å². The molecule has 1 heterocycles. The Kier molecular flexibility index (Phi) is 5.67. The van der Waals surface area contributed by atoms with Gasteiger partial charge in [-0.05, 0) is 63.3 Å². The molecule has 0 fully saturated rings. The average Bonchev–Trinajstić information content (AvgIpc) is 2.41. The molecule has 0 aromatic carbocycles. The van der Waals surface area contributed by atoms with Gasteiger partial charge in [0.05, 0.1) is 5.75 Å². The van der Waals surface area contributed by atoms with Crippen molar-refractivity contribution in [2.75, 3.05) is 6.54 Å². The highest BCUT2D eigenvalue weighted by Crippen LogP contribution is 2.25.